The number of fused-ring (bicyclic) bond motifs is 2. The van der Waals surface area contributed by atoms with Crippen LogP contribution in [0.15, 0.2) is 76.5 Å². The molecule has 34 heavy (non-hydrogen) atoms. The smallest absolute Gasteiger partial charge is 0.259 e. The Balaban J connectivity index is 1.26. The number of nitrogens with zero attached hydrogens (tertiary/aromatic N) is 1. The van der Waals surface area contributed by atoms with E-state index in [4.69, 9.17) is 11.6 Å². The van der Waals surface area contributed by atoms with Crippen LogP contribution in [0.1, 0.15) is 28.8 Å². The topological polar surface area (TPSA) is 78.5 Å². The molecule has 5 rings (SSSR count). The molecule has 0 unspecified atom stereocenters. The van der Waals surface area contributed by atoms with Crippen LogP contribution in [0.25, 0.3) is 0 Å². The van der Waals surface area contributed by atoms with Gasteiger partial charge < -0.3 is 15.5 Å². The quantitative estimate of drug-likeness (QED) is 0.513. The Hall–Kier alpha value is -3.29. The number of carbonyl (C=O) groups is 3. The van der Waals surface area contributed by atoms with Crippen molar-refractivity contribution in [2.45, 2.75) is 35.1 Å². The molecule has 2 aliphatic rings. The van der Waals surface area contributed by atoms with Gasteiger partial charge in [0.2, 0.25) is 11.8 Å². The summed E-state index contributed by atoms with van der Waals surface area (Å²) in [5.74, 6) is -0.548. The van der Waals surface area contributed by atoms with E-state index in [1.54, 1.807) is 30.3 Å². The van der Waals surface area contributed by atoms with Crippen molar-refractivity contribution in [2.75, 3.05) is 16.8 Å². The summed E-state index contributed by atoms with van der Waals surface area (Å²) in [6.45, 7) is -0.133. The van der Waals surface area contributed by atoms with E-state index in [9.17, 15) is 14.4 Å². The first-order valence-corrected chi connectivity index (χ1v) is 12.2. The summed E-state index contributed by atoms with van der Waals surface area (Å²) in [5.41, 5.74) is 3.00. The molecule has 0 spiro atoms. The molecule has 2 N–H and O–H groups in total. The number of hydrogen-bond acceptors (Lipinski definition) is 4. The number of carbonyl (C=O) groups excluding carboxylic acids is 3. The maximum atomic E-state index is 13.2. The molecule has 172 valence electrons. The molecule has 1 fully saturated rings. The highest BCUT2D eigenvalue weighted by Gasteiger charge is 2.38. The maximum absolute atomic E-state index is 13.2. The number of hydrogen-bond donors (Lipinski definition) is 2. The third-order valence-electron chi connectivity index (χ3n) is 5.70. The van der Waals surface area contributed by atoms with E-state index >= 15 is 0 Å². The van der Waals surface area contributed by atoms with E-state index in [0.717, 1.165) is 33.9 Å². The van der Waals surface area contributed by atoms with E-state index in [1.807, 2.05) is 41.3 Å². The molecule has 6 nitrogen and oxygen atoms in total. The van der Waals surface area contributed by atoms with Crippen molar-refractivity contribution in [3.63, 3.8) is 0 Å². The van der Waals surface area contributed by atoms with Gasteiger partial charge in [-0.05, 0) is 60.9 Å². The summed E-state index contributed by atoms with van der Waals surface area (Å²) in [7, 11) is 0. The highest BCUT2D eigenvalue weighted by Crippen LogP contribution is 2.46. The summed E-state index contributed by atoms with van der Waals surface area (Å²) >= 11 is 7.39. The Morgan fingerprint density at radius 2 is 1.74 bits per heavy atom. The lowest BCUT2D eigenvalue weighted by atomic mass is 10.1. The second kappa shape index (κ2) is 9.52. The van der Waals surface area contributed by atoms with Gasteiger partial charge in [0.1, 0.15) is 0 Å². The predicted molar refractivity (Wildman–Crippen MR) is 134 cm³/mol. The van der Waals surface area contributed by atoms with Gasteiger partial charge in [0.25, 0.3) is 5.91 Å². The minimum atomic E-state index is -0.321. The molecule has 0 bridgehead atoms. The van der Waals surface area contributed by atoms with Crippen LogP contribution in [0.4, 0.5) is 11.4 Å². The van der Waals surface area contributed by atoms with E-state index in [0.29, 0.717) is 16.3 Å². The minimum Gasteiger partial charge on any atom is -0.347 e. The molecule has 1 saturated carbocycles. The maximum Gasteiger partial charge on any atom is 0.259 e. The zero-order chi connectivity index (χ0) is 23.7. The Bertz CT molecular complexity index is 1270. The molecular weight excluding hydrogens is 470 g/mol. The number of halogens is 1. The first-order valence-electron chi connectivity index (χ1n) is 11.0. The SMILES string of the molecule is O=C(Cc1ccc(Cl)cc1)NCC(=O)Nc1ccc2c(c1)Sc1ccccc1C(=O)N2C1CC1. The Kier molecular flexibility index (Phi) is 6.30. The molecule has 3 amide bonds. The molecular formula is C26H22ClN3O3S. The highest BCUT2D eigenvalue weighted by molar-refractivity contribution is 7.99. The zero-order valence-electron chi connectivity index (χ0n) is 18.2. The molecule has 0 radical (unpaired) electrons. The van der Waals surface area contributed by atoms with Gasteiger partial charge in [-0.3, -0.25) is 14.4 Å². The number of benzene rings is 3. The van der Waals surface area contributed by atoms with Crippen molar-refractivity contribution in [1.29, 1.82) is 0 Å². The Labute approximate surface area is 206 Å². The highest BCUT2D eigenvalue weighted by atomic mass is 35.5. The van der Waals surface area contributed by atoms with Crippen molar-refractivity contribution < 1.29 is 14.4 Å². The predicted octanol–water partition coefficient (Wildman–Crippen LogP) is 4.91. The monoisotopic (exact) mass is 491 g/mol. The van der Waals surface area contributed by atoms with Gasteiger partial charge in [-0.2, -0.15) is 0 Å². The van der Waals surface area contributed by atoms with Crippen LogP contribution in [-0.2, 0) is 16.0 Å². The van der Waals surface area contributed by atoms with Gasteiger partial charge in [0, 0.05) is 26.5 Å². The van der Waals surface area contributed by atoms with Gasteiger partial charge in [0.15, 0.2) is 0 Å². The molecule has 0 saturated heterocycles. The lowest BCUT2D eigenvalue weighted by Gasteiger charge is -2.23. The zero-order valence-corrected chi connectivity index (χ0v) is 19.8. The molecule has 1 aliphatic carbocycles. The fourth-order valence-electron chi connectivity index (χ4n) is 3.89. The molecule has 0 atom stereocenters. The van der Waals surface area contributed by atoms with Crippen molar-refractivity contribution in [1.82, 2.24) is 5.32 Å². The van der Waals surface area contributed by atoms with Gasteiger partial charge in [-0.1, -0.05) is 47.6 Å². The van der Waals surface area contributed by atoms with Crippen molar-refractivity contribution in [3.8, 4) is 0 Å². The van der Waals surface area contributed by atoms with E-state index in [1.165, 1.54) is 11.8 Å². The van der Waals surface area contributed by atoms with Gasteiger partial charge in [-0.25, -0.2) is 0 Å². The number of rotatable bonds is 6. The summed E-state index contributed by atoms with van der Waals surface area (Å²) in [4.78, 5) is 41.6. The van der Waals surface area contributed by atoms with Crippen molar-refractivity contribution in [3.05, 3.63) is 82.9 Å². The fourth-order valence-corrected chi connectivity index (χ4v) is 5.12. The molecule has 3 aromatic rings. The molecule has 8 heteroatoms. The van der Waals surface area contributed by atoms with Gasteiger partial charge in [-0.15, -0.1) is 0 Å². The van der Waals surface area contributed by atoms with Crippen LogP contribution in [0.5, 0.6) is 0 Å². The van der Waals surface area contributed by atoms with E-state index in [-0.39, 0.29) is 36.7 Å². The number of nitrogens with one attached hydrogen (secondary N) is 2. The number of anilines is 2. The molecule has 1 aliphatic heterocycles. The average Bonchev–Trinajstić information content (AvgIpc) is 3.66. The van der Waals surface area contributed by atoms with Crippen molar-refractivity contribution >= 4 is 52.5 Å². The summed E-state index contributed by atoms with van der Waals surface area (Å²) in [5, 5.41) is 6.10. The minimum absolute atomic E-state index is 0.0181. The third kappa shape index (κ3) is 4.95. The fraction of sp³-hybridized carbons (Fsp3) is 0.192. The summed E-state index contributed by atoms with van der Waals surface area (Å²) in [6.07, 6.45) is 2.16. The molecule has 3 aromatic carbocycles. The largest absolute Gasteiger partial charge is 0.347 e. The van der Waals surface area contributed by atoms with Gasteiger partial charge in [0.05, 0.1) is 24.2 Å². The standard InChI is InChI=1S/C26H22ClN3O3S/c27-17-7-5-16(6-8-17)13-24(31)28-15-25(32)29-18-9-12-21-23(14-18)34-22-4-2-1-3-20(22)26(33)30(21)19-10-11-19/h1-9,12,14,19H,10-11,13,15H2,(H,28,31)(H,29,32). The van der Waals surface area contributed by atoms with Crippen LogP contribution in [0.2, 0.25) is 5.02 Å². The third-order valence-corrected chi connectivity index (χ3v) is 7.07. The molecule has 0 aromatic heterocycles. The normalized spacial score (nSPS) is 14.6. The average molecular weight is 492 g/mol. The van der Waals surface area contributed by atoms with Crippen LogP contribution in [0.3, 0.4) is 0 Å². The summed E-state index contributed by atoms with van der Waals surface area (Å²) < 4.78 is 0. The first-order chi connectivity index (χ1) is 16.5. The molecule has 1 heterocycles. The van der Waals surface area contributed by atoms with E-state index in [2.05, 4.69) is 10.6 Å². The number of amides is 3. The lowest BCUT2D eigenvalue weighted by molar-refractivity contribution is -0.123. The van der Waals surface area contributed by atoms with E-state index < -0.39 is 0 Å². The van der Waals surface area contributed by atoms with Crippen molar-refractivity contribution in [2.24, 2.45) is 0 Å². The van der Waals surface area contributed by atoms with Crippen LogP contribution >= 0.6 is 23.4 Å². The Morgan fingerprint density at radius 1 is 0.971 bits per heavy atom. The second-order valence-electron chi connectivity index (χ2n) is 8.32. The van der Waals surface area contributed by atoms with Crippen LogP contribution in [0, 0.1) is 0 Å². The van der Waals surface area contributed by atoms with Crippen LogP contribution < -0.4 is 15.5 Å². The first kappa shape index (κ1) is 22.5. The second-order valence-corrected chi connectivity index (χ2v) is 9.84. The van der Waals surface area contributed by atoms with Gasteiger partial charge >= 0.3 is 0 Å². The van der Waals surface area contributed by atoms with Crippen LogP contribution in [-0.4, -0.2) is 30.3 Å². The Morgan fingerprint density at radius 3 is 2.50 bits per heavy atom. The summed E-state index contributed by atoms with van der Waals surface area (Å²) in [6, 6.07) is 20.4. The lowest BCUT2D eigenvalue weighted by Crippen LogP contribution is -2.34.